The number of hydrogen-bond donors (Lipinski definition) is 0. The van der Waals surface area contributed by atoms with Crippen LogP contribution < -0.4 is 0 Å². The molecule has 0 heterocycles. The van der Waals surface area contributed by atoms with E-state index in [1.54, 1.807) is 0 Å². The molecule has 0 aromatic heterocycles. The minimum absolute atomic E-state index is 0.0934. The van der Waals surface area contributed by atoms with E-state index >= 15 is 0 Å². The lowest BCUT2D eigenvalue weighted by molar-refractivity contribution is -0.0290. The molecule has 2 nitrogen and oxygen atoms in total. The lowest BCUT2D eigenvalue weighted by Crippen LogP contribution is -2.27. The highest BCUT2D eigenvalue weighted by Crippen LogP contribution is 2.40. The summed E-state index contributed by atoms with van der Waals surface area (Å²) in [5, 5.41) is 0. The van der Waals surface area contributed by atoms with E-state index in [-0.39, 0.29) is 19.3 Å². The van der Waals surface area contributed by atoms with Gasteiger partial charge in [0.25, 0.3) is 5.92 Å². The van der Waals surface area contributed by atoms with Crippen LogP contribution in [0.2, 0.25) is 0 Å². The SMILES string of the molecule is O=S(=O)(F)CC1CCCC1(F)F. The molecule has 0 saturated heterocycles. The van der Waals surface area contributed by atoms with E-state index in [1.165, 1.54) is 0 Å². The van der Waals surface area contributed by atoms with Gasteiger partial charge in [-0.3, -0.25) is 0 Å². The Hall–Kier alpha value is -0.260. The fraction of sp³-hybridized carbons (Fsp3) is 1.00. The molecule has 1 fully saturated rings. The molecule has 1 atom stereocenters. The quantitative estimate of drug-likeness (QED) is 0.639. The predicted octanol–water partition coefficient (Wildman–Crippen LogP) is 1.72. The molecule has 1 aliphatic carbocycles. The van der Waals surface area contributed by atoms with E-state index in [1.807, 2.05) is 0 Å². The smallest absolute Gasteiger partial charge is 0.207 e. The molecule has 1 rings (SSSR count). The fourth-order valence-corrected chi connectivity index (χ4v) is 2.34. The Balaban J connectivity index is 2.65. The lowest BCUT2D eigenvalue weighted by Gasteiger charge is -2.16. The third-order valence-electron chi connectivity index (χ3n) is 2.06. The van der Waals surface area contributed by atoms with Crippen LogP contribution in [0.1, 0.15) is 19.3 Å². The minimum atomic E-state index is -4.76. The van der Waals surface area contributed by atoms with Crippen molar-refractivity contribution >= 4 is 10.2 Å². The van der Waals surface area contributed by atoms with Crippen LogP contribution in [-0.2, 0) is 10.2 Å². The van der Waals surface area contributed by atoms with Gasteiger partial charge in [0.2, 0.25) is 0 Å². The van der Waals surface area contributed by atoms with Crippen molar-refractivity contribution in [3.8, 4) is 0 Å². The molecule has 0 amide bonds. The summed E-state index contributed by atoms with van der Waals surface area (Å²) in [6.07, 6.45) is 0.0382. The van der Waals surface area contributed by atoms with Crippen LogP contribution in [-0.4, -0.2) is 20.1 Å². The molecule has 1 aliphatic rings. The van der Waals surface area contributed by atoms with E-state index in [2.05, 4.69) is 0 Å². The summed E-state index contributed by atoms with van der Waals surface area (Å²) in [4.78, 5) is 0. The Morgan fingerprint density at radius 2 is 2.00 bits per heavy atom. The highest BCUT2D eigenvalue weighted by Gasteiger charge is 2.45. The molecule has 1 saturated carbocycles. The standard InChI is InChI=1S/C6H9F3O2S/c7-6(8)3-1-2-5(6)4-12(9,10)11/h5H,1-4H2. The largest absolute Gasteiger partial charge is 0.302 e. The van der Waals surface area contributed by atoms with Gasteiger partial charge in [0.15, 0.2) is 0 Å². The molecule has 12 heavy (non-hydrogen) atoms. The maximum atomic E-state index is 12.7. The van der Waals surface area contributed by atoms with Crippen molar-refractivity contribution in [3.63, 3.8) is 0 Å². The van der Waals surface area contributed by atoms with Crippen LogP contribution in [0, 0.1) is 5.92 Å². The highest BCUT2D eigenvalue weighted by atomic mass is 32.3. The molecule has 0 aromatic carbocycles. The van der Waals surface area contributed by atoms with Crippen molar-refractivity contribution in [3.05, 3.63) is 0 Å². The van der Waals surface area contributed by atoms with E-state index in [0.717, 1.165) is 0 Å². The van der Waals surface area contributed by atoms with Crippen molar-refractivity contribution in [1.82, 2.24) is 0 Å². The van der Waals surface area contributed by atoms with Crippen molar-refractivity contribution in [1.29, 1.82) is 0 Å². The Morgan fingerprint density at radius 1 is 1.42 bits per heavy atom. The molecule has 0 bridgehead atoms. The highest BCUT2D eigenvalue weighted by molar-refractivity contribution is 7.86. The number of halogens is 3. The first-order valence-corrected chi connectivity index (χ1v) is 5.17. The lowest BCUT2D eigenvalue weighted by atomic mass is 10.1. The van der Waals surface area contributed by atoms with Crippen molar-refractivity contribution in [2.45, 2.75) is 25.2 Å². The first-order chi connectivity index (χ1) is 5.31. The summed E-state index contributed by atoms with van der Waals surface area (Å²) in [6, 6.07) is 0. The first kappa shape index (κ1) is 9.83. The monoisotopic (exact) mass is 202 g/mol. The molecule has 0 spiro atoms. The van der Waals surface area contributed by atoms with Crippen LogP contribution >= 0.6 is 0 Å². The molecule has 72 valence electrons. The van der Waals surface area contributed by atoms with Gasteiger partial charge in [0, 0.05) is 12.3 Å². The molecule has 0 N–H and O–H groups in total. The zero-order valence-electron chi connectivity index (χ0n) is 6.26. The van der Waals surface area contributed by atoms with Gasteiger partial charge in [-0.25, -0.2) is 8.78 Å². The summed E-state index contributed by atoms with van der Waals surface area (Å²) in [6.45, 7) is 0. The normalized spacial score (nSPS) is 29.1. The molecule has 0 aromatic rings. The maximum Gasteiger partial charge on any atom is 0.302 e. The maximum absolute atomic E-state index is 12.7. The van der Waals surface area contributed by atoms with Gasteiger partial charge in [-0.2, -0.15) is 8.42 Å². The van der Waals surface area contributed by atoms with E-state index in [9.17, 15) is 21.1 Å². The van der Waals surface area contributed by atoms with Crippen LogP contribution in [0.15, 0.2) is 0 Å². The van der Waals surface area contributed by atoms with Gasteiger partial charge in [-0.15, -0.1) is 3.89 Å². The topological polar surface area (TPSA) is 34.1 Å². The Labute approximate surface area is 69.0 Å². The molecule has 6 heteroatoms. The Kier molecular flexibility index (Phi) is 2.38. The minimum Gasteiger partial charge on any atom is -0.207 e. The average Bonchev–Trinajstić information content (AvgIpc) is 2.07. The van der Waals surface area contributed by atoms with Gasteiger partial charge in [0.05, 0.1) is 5.75 Å². The van der Waals surface area contributed by atoms with Gasteiger partial charge < -0.3 is 0 Å². The third-order valence-corrected chi connectivity index (χ3v) is 2.86. The van der Waals surface area contributed by atoms with Crippen LogP contribution in [0.3, 0.4) is 0 Å². The second-order valence-electron chi connectivity index (χ2n) is 3.06. The second-order valence-corrected chi connectivity index (χ2v) is 4.47. The van der Waals surface area contributed by atoms with E-state index in [4.69, 9.17) is 0 Å². The summed E-state index contributed by atoms with van der Waals surface area (Å²) in [5.41, 5.74) is 0. The molecular weight excluding hydrogens is 193 g/mol. The van der Waals surface area contributed by atoms with Crippen LogP contribution in [0.5, 0.6) is 0 Å². The molecule has 0 radical (unpaired) electrons. The third kappa shape index (κ3) is 2.36. The van der Waals surface area contributed by atoms with Crippen LogP contribution in [0.25, 0.3) is 0 Å². The van der Waals surface area contributed by atoms with Gasteiger partial charge in [-0.1, -0.05) is 0 Å². The Morgan fingerprint density at radius 3 is 2.33 bits per heavy atom. The second kappa shape index (κ2) is 2.90. The Bertz CT molecular complexity index is 260. The van der Waals surface area contributed by atoms with Crippen molar-refractivity contribution in [2.75, 3.05) is 5.75 Å². The van der Waals surface area contributed by atoms with E-state index < -0.39 is 27.8 Å². The summed E-state index contributed by atoms with van der Waals surface area (Å²) in [5.74, 6) is -5.37. The summed E-state index contributed by atoms with van der Waals surface area (Å²) >= 11 is 0. The van der Waals surface area contributed by atoms with Gasteiger partial charge in [0.1, 0.15) is 0 Å². The fourth-order valence-electron chi connectivity index (χ4n) is 1.45. The summed E-state index contributed by atoms with van der Waals surface area (Å²) < 4.78 is 57.6. The van der Waals surface area contributed by atoms with Gasteiger partial charge >= 0.3 is 10.2 Å². The number of rotatable bonds is 2. The van der Waals surface area contributed by atoms with Crippen molar-refractivity contribution < 1.29 is 21.1 Å². The average molecular weight is 202 g/mol. The number of alkyl halides is 2. The molecule has 1 unspecified atom stereocenters. The zero-order chi connectivity index (χ0) is 9.41. The van der Waals surface area contributed by atoms with Gasteiger partial charge in [-0.05, 0) is 12.8 Å². The first-order valence-electron chi connectivity index (χ1n) is 3.61. The van der Waals surface area contributed by atoms with Crippen molar-refractivity contribution in [2.24, 2.45) is 5.92 Å². The molecular formula is C6H9F3O2S. The zero-order valence-corrected chi connectivity index (χ0v) is 7.08. The van der Waals surface area contributed by atoms with Crippen LogP contribution in [0.4, 0.5) is 12.7 Å². The molecule has 0 aliphatic heterocycles. The number of hydrogen-bond acceptors (Lipinski definition) is 2. The van der Waals surface area contributed by atoms with E-state index in [0.29, 0.717) is 0 Å². The summed E-state index contributed by atoms with van der Waals surface area (Å²) in [7, 11) is -4.76. The predicted molar refractivity (Wildman–Crippen MR) is 37.2 cm³/mol.